The Hall–Kier alpha value is -4.15. The molecule has 3 aromatic carbocycles. The number of fused-ring (bicyclic) bond motifs is 1. The van der Waals surface area contributed by atoms with E-state index >= 15 is 0 Å². The van der Waals surface area contributed by atoms with Crippen LogP contribution in [0.4, 0.5) is 5.69 Å². The molecule has 1 atom stereocenters. The van der Waals surface area contributed by atoms with E-state index in [1.54, 1.807) is 31.2 Å². The summed E-state index contributed by atoms with van der Waals surface area (Å²) in [6.07, 6.45) is 1.01. The molecule has 0 amide bonds. The van der Waals surface area contributed by atoms with Gasteiger partial charge in [0.05, 0.1) is 6.61 Å². The first-order valence-corrected chi connectivity index (χ1v) is 15.1. The molecule has 0 aliphatic carbocycles. The van der Waals surface area contributed by atoms with E-state index in [1.165, 1.54) is 4.31 Å². The van der Waals surface area contributed by atoms with Crippen molar-refractivity contribution >= 4 is 21.7 Å². The number of carbonyl (C=O) groups is 1. The van der Waals surface area contributed by atoms with Crippen molar-refractivity contribution in [1.82, 2.24) is 9.29 Å². The second-order valence-electron chi connectivity index (χ2n) is 9.77. The Morgan fingerprint density at radius 2 is 1.85 bits per heavy atom. The minimum Gasteiger partial charge on any atom is -0.487 e. The van der Waals surface area contributed by atoms with E-state index in [2.05, 4.69) is 10.3 Å². The van der Waals surface area contributed by atoms with Crippen LogP contribution in [0.25, 0.3) is 11.5 Å². The number of rotatable bonds is 11. The molecule has 1 aromatic heterocycles. The fourth-order valence-electron chi connectivity index (χ4n) is 4.76. The Bertz CT molecular complexity index is 1600. The van der Waals surface area contributed by atoms with Crippen molar-refractivity contribution in [1.29, 1.82) is 0 Å². The summed E-state index contributed by atoms with van der Waals surface area (Å²) >= 11 is 0. The van der Waals surface area contributed by atoms with Crippen LogP contribution in [0.1, 0.15) is 35.9 Å². The van der Waals surface area contributed by atoms with E-state index in [1.807, 2.05) is 61.5 Å². The molecule has 0 spiro atoms. The van der Waals surface area contributed by atoms with E-state index in [0.717, 1.165) is 16.8 Å². The van der Waals surface area contributed by atoms with E-state index in [-0.39, 0.29) is 26.3 Å². The van der Waals surface area contributed by atoms with Crippen molar-refractivity contribution in [3.63, 3.8) is 0 Å². The molecule has 1 aliphatic heterocycles. The van der Waals surface area contributed by atoms with Gasteiger partial charge in [-0.1, -0.05) is 48.5 Å². The zero-order chi connectivity index (χ0) is 28.8. The van der Waals surface area contributed by atoms with Crippen molar-refractivity contribution in [2.45, 2.75) is 45.2 Å². The van der Waals surface area contributed by atoms with Crippen molar-refractivity contribution < 1.29 is 27.1 Å². The number of aromatic nitrogens is 1. The number of anilines is 1. The van der Waals surface area contributed by atoms with E-state index in [9.17, 15) is 13.2 Å². The number of hydrogen-bond donors (Lipinski definition) is 1. The number of esters is 1. The average Bonchev–Trinajstić information content (AvgIpc) is 3.36. The summed E-state index contributed by atoms with van der Waals surface area (Å²) in [6.45, 7) is 3.47. The minimum absolute atomic E-state index is 0.0146. The van der Waals surface area contributed by atoms with E-state index < -0.39 is 21.4 Å². The normalized spacial score (nSPS) is 14.8. The molecule has 9 nitrogen and oxygen atoms in total. The predicted molar refractivity (Wildman–Crippen MR) is 156 cm³/mol. The van der Waals surface area contributed by atoms with Crippen LogP contribution in [0.5, 0.6) is 5.75 Å². The highest BCUT2D eigenvalue weighted by atomic mass is 32.2. The maximum absolute atomic E-state index is 13.8. The van der Waals surface area contributed by atoms with Gasteiger partial charge in [-0.2, -0.15) is 4.31 Å². The van der Waals surface area contributed by atoms with Crippen LogP contribution in [-0.2, 0) is 39.1 Å². The number of benzene rings is 3. The molecule has 0 saturated carbocycles. The number of nitrogens with zero attached hydrogens (tertiary/aromatic N) is 2. The number of para-hydroxylation sites is 1. The van der Waals surface area contributed by atoms with Gasteiger partial charge in [-0.3, -0.25) is 4.79 Å². The van der Waals surface area contributed by atoms with Gasteiger partial charge in [0.25, 0.3) is 0 Å². The van der Waals surface area contributed by atoms with Crippen LogP contribution in [0.3, 0.4) is 0 Å². The van der Waals surface area contributed by atoms with Crippen molar-refractivity contribution in [2.24, 2.45) is 0 Å². The van der Waals surface area contributed by atoms with Crippen LogP contribution in [0.15, 0.2) is 83.3 Å². The van der Waals surface area contributed by atoms with Gasteiger partial charge in [-0.25, -0.2) is 13.4 Å². The number of sulfonamides is 1. The summed E-state index contributed by atoms with van der Waals surface area (Å²) in [4.78, 5) is 17.0. The van der Waals surface area contributed by atoms with Crippen LogP contribution < -0.4 is 10.1 Å². The van der Waals surface area contributed by atoms with E-state index in [0.29, 0.717) is 41.5 Å². The van der Waals surface area contributed by atoms with Crippen molar-refractivity contribution in [3.8, 4) is 17.2 Å². The molecule has 41 heavy (non-hydrogen) atoms. The SMILES string of the molecule is CCOC(=O)CN(Cc1cccc(OCc2nc(-c3ccccc3)oc2C)c1)S(=O)(=O)C1CCc2ccccc2N1. The van der Waals surface area contributed by atoms with Gasteiger partial charge in [0, 0.05) is 17.8 Å². The zero-order valence-electron chi connectivity index (χ0n) is 23.1. The summed E-state index contributed by atoms with van der Waals surface area (Å²) in [5.74, 6) is 1.13. The maximum atomic E-state index is 13.8. The number of hydrogen-bond acceptors (Lipinski definition) is 8. The highest BCUT2D eigenvalue weighted by Gasteiger charge is 2.36. The highest BCUT2D eigenvalue weighted by Crippen LogP contribution is 2.29. The molecular weight excluding hydrogens is 542 g/mol. The van der Waals surface area contributed by atoms with Gasteiger partial charge in [0.2, 0.25) is 15.9 Å². The predicted octanol–water partition coefficient (Wildman–Crippen LogP) is 5.31. The summed E-state index contributed by atoms with van der Waals surface area (Å²) in [7, 11) is -3.92. The molecule has 1 aliphatic rings. The van der Waals surface area contributed by atoms with Gasteiger partial charge in [-0.05, 0) is 68.1 Å². The smallest absolute Gasteiger partial charge is 0.321 e. The van der Waals surface area contributed by atoms with Crippen molar-refractivity contribution in [3.05, 3.63) is 101 Å². The molecule has 0 bridgehead atoms. The minimum atomic E-state index is -3.92. The number of nitrogens with one attached hydrogen (secondary N) is 1. The number of carbonyl (C=O) groups excluding carboxylic acids is 1. The first-order chi connectivity index (χ1) is 19.8. The lowest BCUT2D eigenvalue weighted by Crippen LogP contribution is -2.46. The number of oxazole rings is 1. The average molecular weight is 576 g/mol. The third kappa shape index (κ3) is 6.78. The van der Waals surface area contributed by atoms with Crippen LogP contribution in [-0.4, -0.2) is 42.2 Å². The van der Waals surface area contributed by atoms with Gasteiger partial charge in [-0.15, -0.1) is 0 Å². The second kappa shape index (κ2) is 12.6. The summed E-state index contributed by atoms with van der Waals surface area (Å²) in [5, 5.41) is 2.29. The van der Waals surface area contributed by atoms with Crippen molar-refractivity contribution in [2.75, 3.05) is 18.5 Å². The Morgan fingerprint density at radius 1 is 1.07 bits per heavy atom. The molecule has 214 valence electrons. The lowest BCUT2D eigenvalue weighted by Gasteiger charge is -2.31. The van der Waals surface area contributed by atoms with Gasteiger partial charge >= 0.3 is 5.97 Å². The third-order valence-electron chi connectivity index (χ3n) is 6.89. The first-order valence-electron chi connectivity index (χ1n) is 13.6. The van der Waals surface area contributed by atoms with Crippen LogP contribution >= 0.6 is 0 Å². The number of aryl methyl sites for hydroxylation is 2. The molecule has 1 unspecified atom stereocenters. The van der Waals surface area contributed by atoms with Gasteiger partial charge < -0.3 is 19.2 Å². The van der Waals surface area contributed by atoms with E-state index in [4.69, 9.17) is 13.9 Å². The first kappa shape index (κ1) is 28.4. The molecule has 1 N–H and O–H groups in total. The topological polar surface area (TPSA) is 111 Å². The molecule has 2 heterocycles. The molecule has 4 aromatic rings. The van der Waals surface area contributed by atoms with Crippen LogP contribution in [0.2, 0.25) is 0 Å². The highest BCUT2D eigenvalue weighted by molar-refractivity contribution is 7.89. The summed E-state index contributed by atoms with van der Waals surface area (Å²) < 4.78 is 45.7. The second-order valence-corrected chi connectivity index (χ2v) is 11.9. The van der Waals surface area contributed by atoms with Gasteiger partial charge in [0.15, 0.2) is 0 Å². The summed E-state index contributed by atoms with van der Waals surface area (Å²) in [5.41, 5.74) is 4.08. The Kier molecular flexibility index (Phi) is 8.70. The molecule has 5 rings (SSSR count). The lowest BCUT2D eigenvalue weighted by molar-refractivity contribution is -0.143. The Balaban J connectivity index is 1.31. The Morgan fingerprint density at radius 3 is 2.66 bits per heavy atom. The molecular formula is C31H33N3O6S. The largest absolute Gasteiger partial charge is 0.487 e. The standard InChI is InChI=1S/C31H33N3O6S/c1-3-38-30(35)20-34(41(36,37)29-17-16-24-11-7-8-15-27(24)32-29)19-23-10-9-14-26(18-23)39-21-28-22(2)40-31(33-28)25-12-5-4-6-13-25/h4-15,18,29,32H,3,16-17,19-21H2,1-2H3. The summed E-state index contributed by atoms with van der Waals surface area (Å²) in [6, 6.07) is 24.4. The third-order valence-corrected chi connectivity index (χ3v) is 8.94. The Labute approximate surface area is 240 Å². The van der Waals surface area contributed by atoms with Crippen LogP contribution in [0, 0.1) is 6.92 Å². The quantitative estimate of drug-likeness (QED) is 0.240. The van der Waals surface area contributed by atoms with Gasteiger partial charge in [0.1, 0.15) is 35.7 Å². The zero-order valence-corrected chi connectivity index (χ0v) is 23.9. The molecule has 0 fully saturated rings. The fraction of sp³-hybridized carbons (Fsp3) is 0.290. The molecule has 10 heteroatoms. The molecule has 0 saturated heterocycles. The maximum Gasteiger partial charge on any atom is 0.321 e. The fourth-order valence-corrected chi connectivity index (χ4v) is 6.42. The monoisotopic (exact) mass is 575 g/mol. The lowest BCUT2D eigenvalue weighted by atomic mass is 10.0. The number of ether oxygens (including phenoxy) is 2. The molecule has 0 radical (unpaired) electrons.